The van der Waals surface area contributed by atoms with Crippen LogP contribution in [0.25, 0.3) is 0 Å². The third kappa shape index (κ3) is 2.18. The van der Waals surface area contributed by atoms with Gasteiger partial charge in [-0.3, -0.25) is 0 Å². The Morgan fingerprint density at radius 1 is 1.45 bits per heavy atom. The Morgan fingerprint density at radius 2 is 2.00 bits per heavy atom. The van der Waals surface area contributed by atoms with Crippen molar-refractivity contribution in [2.45, 2.75) is 35.4 Å². The molecule has 1 saturated heterocycles. The van der Waals surface area contributed by atoms with Gasteiger partial charge in [0.15, 0.2) is 0 Å². The molecule has 1 aliphatic rings. The first-order valence-electron chi connectivity index (χ1n) is 3.27. The predicted octanol–water partition coefficient (Wildman–Crippen LogP) is 3.05. The van der Waals surface area contributed by atoms with Crippen molar-refractivity contribution in [3.05, 3.63) is 0 Å². The quantitative estimate of drug-likeness (QED) is 0.547. The zero-order valence-corrected chi connectivity index (χ0v) is 7.43. The average Bonchev–Trinajstić information content (AvgIpc) is 2.11. The highest BCUT2D eigenvalue weighted by molar-refractivity contribution is 8.01. The second kappa shape index (κ2) is 3.05. The molecule has 0 radical (unpaired) electrons. The first kappa shape index (κ1) is 9.52. The lowest BCUT2D eigenvalue weighted by atomic mass is 10.2. The first-order valence-corrected chi connectivity index (χ1v) is 4.65. The van der Waals surface area contributed by atoms with E-state index in [9.17, 15) is 13.2 Å². The van der Waals surface area contributed by atoms with Crippen LogP contribution in [0.4, 0.5) is 13.2 Å². The molecule has 1 heterocycles. The number of rotatable bonds is 0. The van der Waals surface area contributed by atoms with Crippen molar-refractivity contribution in [2.24, 2.45) is 0 Å². The largest absolute Gasteiger partial charge is 0.400 e. The van der Waals surface area contributed by atoms with Crippen LogP contribution >= 0.6 is 23.4 Å². The van der Waals surface area contributed by atoms with Gasteiger partial charge in [-0.2, -0.15) is 13.2 Å². The molecular formula is C6H8ClF3S. The standard InChI is InChI=1S/C6H8ClF3S/c1-3-4(7)2-5(11-3)6(8,9)10/h3-5H,2H2,1H3. The Bertz CT molecular complexity index is 137. The Kier molecular flexibility index (Phi) is 2.64. The van der Waals surface area contributed by atoms with Crippen LogP contribution in [-0.4, -0.2) is 22.1 Å². The van der Waals surface area contributed by atoms with E-state index < -0.39 is 11.4 Å². The molecule has 0 aromatic carbocycles. The van der Waals surface area contributed by atoms with Crippen LogP contribution < -0.4 is 0 Å². The van der Waals surface area contributed by atoms with Crippen molar-refractivity contribution in [3.63, 3.8) is 0 Å². The normalized spacial score (nSPS) is 39.5. The molecule has 0 saturated carbocycles. The van der Waals surface area contributed by atoms with Crippen LogP contribution in [0.2, 0.25) is 0 Å². The molecule has 0 spiro atoms. The van der Waals surface area contributed by atoms with E-state index in [-0.39, 0.29) is 17.0 Å². The third-order valence-corrected chi connectivity index (χ3v) is 3.94. The van der Waals surface area contributed by atoms with Crippen LogP contribution in [0.3, 0.4) is 0 Å². The average molecular weight is 205 g/mol. The molecule has 3 unspecified atom stereocenters. The molecule has 0 amide bonds. The van der Waals surface area contributed by atoms with E-state index >= 15 is 0 Å². The van der Waals surface area contributed by atoms with Crippen molar-refractivity contribution < 1.29 is 13.2 Å². The number of hydrogen-bond donors (Lipinski definition) is 0. The smallest absolute Gasteiger partial charge is 0.170 e. The summed E-state index contributed by atoms with van der Waals surface area (Å²) in [6, 6.07) is 0. The van der Waals surface area contributed by atoms with E-state index in [1.807, 2.05) is 0 Å². The van der Waals surface area contributed by atoms with Crippen molar-refractivity contribution in [2.75, 3.05) is 0 Å². The van der Waals surface area contributed by atoms with Gasteiger partial charge >= 0.3 is 6.18 Å². The zero-order chi connectivity index (χ0) is 8.65. The lowest BCUT2D eigenvalue weighted by Crippen LogP contribution is -2.23. The lowest BCUT2D eigenvalue weighted by Gasteiger charge is -2.12. The zero-order valence-electron chi connectivity index (χ0n) is 5.86. The van der Waals surface area contributed by atoms with Gasteiger partial charge in [-0.1, -0.05) is 6.92 Å². The fourth-order valence-corrected chi connectivity index (χ4v) is 2.74. The highest BCUT2D eigenvalue weighted by atomic mass is 35.5. The van der Waals surface area contributed by atoms with Gasteiger partial charge in [0, 0.05) is 10.6 Å². The molecule has 3 atom stereocenters. The van der Waals surface area contributed by atoms with Crippen molar-refractivity contribution in [1.29, 1.82) is 0 Å². The molecule has 5 heteroatoms. The fraction of sp³-hybridized carbons (Fsp3) is 1.00. The summed E-state index contributed by atoms with van der Waals surface area (Å²) in [7, 11) is 0. The summed E-state index contributed by atoms with van der Waals surface area (Å²) in [6.07, 6.45) is -4.03. The Morgan fingerprint density at radius 3 is 2.18 bits per heavy atom. The van der Waals surface area contributed by atoms with Crippen LogP contribution in [0.5, 0.6) is 0 Å². The summed E-state index contributed by atoms with van der Waals surface area (Å²) in [6.45, 7) is 1.73. The molecule has 1 rings (SSSR count). The van der Waals surface area contributed by atoms with Crippen LogP contribution in [0, 0.1) is 0 Å². The topological polar surface area (TPSA) is 0 Å². The molecular weight excluding hydrogens is 197 g/mol. The summed E-state index contributed by atoms with van der Waals surface area (Å²) in [4.78, 5) is 0. The summed E-state index contributed by atoms with van der Waals surface area (Å²) < 4.78 is 36.1. The lowest BCUT2D eigenvalue weighted by molar-refractivity contribution is -0.128. The number of thioether (sulfide) groups is 1. The minimum atomic E-state index is -4.08. The number of halogens is 4. The summed E-state index contributed by atoms with van der Waals surface area (Å²) in [5.41, 5.74) is 0. The predicted molar refractivity (Wildman–Crippen MR) is 41.2 cm³/mol. The molecule has 0 N–H and O–H groups in total. The van der Waals surface area contributed by atoms with Crippen molar-refractivity contribution in [1.82, 2.24) is 0 Å². The second-order valence-electron chi connectivity index (χ2n) is 2.62. The van der Waals surface area contributed by atoms with E-state index in [0.29, 0.717) is 0 Å². The number of alkyl halides is 4. The molecule has 11 heavy (non-hydrogen) atoms. The maximum absolute atomic E-state index is 12.0. The monoisotopic (exact) mass is 204 g/mol. The van der Waals surface area contributed by atoms with E-state index in [0.717, 1.165) is 11.8 Å². The van der Waals surface area contributed by atoms with E-state index in [1.54, 1.807) is 6.92 Å². The summed E-state index contributed by atoms with van der Waals surface area (Å²) >= 11 is 6.57. The van der Waals surface area contributed by atoms with Gasteiger partial charge in [-0.25, -0.2) is 0 Å². The molecule has 0 bridgehead atoms. The van der Waals surface area contributed by atoms with Gasteiger partial charge in [0.2, 0.25) is 0 Å². The van der Waals surface area contributed by atoms with Crippen molar-refractivity contribution >= 4 is 23.4 Å². The van der Waals surface area contributed by atoms with Gasteiger partial charge in [-0.05, 0) is 6.42 Å². The fourth-order valence-electron chi connectivity index (χ4n) is 1.01. The highest BCUT2D eigenvalue weighted by Gasteiger charge is 2.47. The SMILES string of the molecule is CC1SC(C(F)(F)F)CC1Cl. The Balaban J connectivity index is 2.54. The number of hydrogen-bond acceptors (Lipinski definition) is 1. The maximum Gasteiger partial charge on any atom is 0.400 e. The minimum absolute atomic E-state index is 0.0525. The minimum Gasteiger partial charge on any atom is -0.170 e. The van der Waals surface area contributed by atoms with Gasteiger partial charge in [0.05, 0.1) is 0 Å². The summed E-state index contributed by atoms with van der Waals surface area (Å²) in [5, 5.41) is -1.66. The Hall–Kier alpha value is 0.430. The van der Waals surface area contributed by atoms with Crippen molar-refractivity contribution in [3.8, 4) is 0 Å². The van der Waals surface area contributed by atoms with Gasteiger partial charge < -0.3 is 0 Å². The molecule has 0 nitrogen and oxygen atoms in total. The van der Waals surface area contributed by atoms with Crippen LogP contribution in [0.15, 0.2) is 0 Å². The second-order valence-corrected chi connectivity index (χ2v) is 4.77. The molecule has 1 fully saturated rings. The van der Waals surface area contributed by atoms with Crippen LogP contribution in [-0.2, 0) is 0 Å². The third-order valence-electron chi connectivity index (χ3n) is 1.69. The molecule has 66 valence electrons. The van der Waals surface area contributed by atoms with Gasteiger partial charge in [0.25, 0.3) is 0 Å². The highest BCUT2D eigenvalue weighted by Crippen LogP contribution is 2.44. The van der Waals surface area contributed by atoms with E-state index in [4.69, 9.17) is 11.6 Å². The van der Waals surface area contributed by atoms with Crippen LogP contribution in [0.1, 0.15) is 13.3 Å². The van der Waals surface area contributed by atoms with Gasteiger partial charge in [-0.15, -0.1) is 23.4 Å². The molecule has 0 aromatic heterocycles. The molecule has 0 aromatic rings. The molecule has 0 aliphatic carbocycles. The Labute approximate surface area is 72.5 Å². The van der Waals surface area contributed by atoms with Gasteiger partial charge in [0.1, 0.15) is 5.25 Å². The van der Waals surface area contributed by atoms with E-state index in [2.05, 4.69) is 0 Å². The first-order chi connectivity index (χ1) is 4.91. The maximum atomic E-state index is 12.0. The van der Waals surface area contributed by atoms with E-state index in [1.165, 1.54) is 0 Å². The summed E-state index contributed by atoms with van der Waals surface area (Å²) in [5.74, 6) is 0. The molecule has 1 aliphatic heterocycles.